The van der Waals surface area contributed by atoms with E-state index in [2.05, 4.69) is 75.5 Å². The van der Waals surface area contributed by atoms with Crippen LogP contribution in [0.15, 0.2) is 77.3 Å². The molecule has 4 rings (SSSR count). The van der Waals surface area contributed by atoms with E-state index >= 15 is 0 Å². The molecule has 1 fully saturated rings. The summed E-state index contributed by atoms with van der Waals surface area (Å²) in [5.41, 5.74) is 4.42. The third-order valence-corrected chi connectivity index (χ3v) is 5.87. The standard InChI is InChI=1S/C27H34N7/c1-30(2)25-11-7-23(8-12-25)21-28-33-19-20-34(27(33)15-18-32-16-5-6-17-32)29-22-24-9-13-26(14-10-24)31(3)4/h7-15,18-22H,5-6,16-17H2,1-4H3/q+1/b28-21+,29-22+. The molecule has 1 aromatic heterocycles. The highest BCUT2D eigenvalue weighted by Gasteiger charge is 2.15. The molecular weight excluding hydrogens is 422 g/mol. The largest absolute Gasteiger partial charge is 0.378 e. The fraction of sp³-hybridized carbons (Fsp3) is 0.296. The van der Waals surface area contributed by atoms with Gasteiger partial charge in [-0.05, 0) is 48.2 Å². The summed E-state index contributed by atoms with van der Waals surface area (Å²) >= 11 is 0. The number of imidazole rings is 1. The Hall–Kier alpha value is -3.87. The van der Waals surface area contributed by atoms with Gasteiger partial charge in [-0.1, -0.05) is 43.8 Å². The highest BCUT2D eigenvalue weighted by Crippen LogP contribution is 2.13. The number of likely N-dealkylation sites (tertiary alicyclic amines) is 1. The monoisotopic (exact) mass is 456 g/mol. The fourth-order valence-corrected chi connectivity index (χ4v) is 3.77. The Morgan fingerprint density at radius 2 is 1.35 bits per heavy atom. The lowest BCUT2D eigenvalue weighted by atomic mass is 10.2. The minimum atomic E-state index is 0.884. The molecule has 3 aromatic rings. The van der Waals surface area contributed by atoms with Gasteiger partial charge < -0.3 is 14.7 Å². The predicted molar refractivity (Wildman–Crippen MR) is 142 cm³/mol. The smallest absolute Gasteiger partial charge is 0.334 e. The Balaban J connectivity index is 1.58. The van der Waals surface area contributed by atoms with Gasteiger partial charge in [0.1, 0.15) is 0 Å². The summed E-state index contributed by atoms with van der Waals surface area (Å²) in [4.78, 5) is 6.52. The molecule has 0 radical (unpaired) electrons. The number of aromatic nitrogens is 2. The van der Waals surface area contributed by atoms with Crippen molar-refractivity contribution in [2.24, 2.45) is 10.2 Å². The molecule has 2 heterocycles. The Labute approximate surface area is 202 Å². The summed E-state index contributed by atoms with van der Waals surface area (Å²) in [7, 11) is 8.16. The average molecular weight is 457 g/mol. The number of rotatable bonds is 8. The number of anilines is 2. The Morgan fingerprint density at radius 1 is 0.794 bits per heavy atom. The first-order valence-electron chi connectivity index (χ1n) is 11.7. The summed E-state index contributed by atoms with van der Waals surface area (Å²) in [6.45, 7) is 2.19. The van der Waals surface area contributed by atoms with Gasteiger partial charge in [0.05, 0.1) is 12.4 Å². The topological polar surface area (TPSA) is 43.2 Å². The maximum atomic E-state index is 4.71. The van der Waals surface area contributed by atoms with Crippen LogP contribution in [0, 0.1) is 0 Å². The summed E-state index contributed by atoms with van der Waals surface area (Å²) in [5.74, 6) is 0.884. The highest BCUT2D eigenvalue weighted by atomic mass is 15.5. The zero-order valence-corrected chi connectivity index (χ0v) is 20.5. The molecule has 176 valence electrons. The van der Waals surface area contributed by atoms with Crippen LogP contribution in [0.4, 0.5) is 11.4 Å². The number of nitrogens with zero attached hydrogens (tertiary/aromatic N) is 7. The molecule has 34 heavy (non-hydrogen) atoms. The van der Waals surface area contributed by atoms with E-state index in [-0.39, 0.29) is 0 Å². The van der Waals surface area contributed by atoms with E-state index in [9.17, 15) is 0 Å². The minimum absolute atomic E-state index is 0.884. The third kappa shape index (κ3) is 5.92. The van der Waals surface area contributed by atoms with Gasteiger partial charge in [-0.15, -0.1) is 0 Å². The van der Waals surface area contributed by atoms with Crippen LogP contribution in [-0.2, 0) is 0 Å². The van der Waals surface area contributed by atoms with Crippen LogP contribution in [0.3, 0.4) is 0 Å². The summed E-state index contributed by atoms with van der Waals surface area (Å²) in [6.07, 6.45) is 14.3. The van der Waals surface area contributed by atoms with E-state index in [1.165, 1.54) is 12.8 Å². The van der Waals surface area contributed by atoms with E-state index < -0.39 is 0 Å². The third-order valence-electron chi connectivity index (χ3n) is 5.87. The lowest BCUT2D eigenvalue weighted by Gasteiger charge is -2.11. The number of benzene rings is 2. The maximum absolute atomic E-state index is 4.71. The van der Waals surface area contributed by atoms with Crippen molar-refractivity contribution in [2.45, 2.75) is 12.8 Å². The average Bonchev–Trinajstić information content (AvgIpc) is 3.50. The Morgan fingerprint density at radius 3 is 1.91 bits per heavy atom. The number of hydrogen-bond donors (Lipinski definition) is 0. The molecule has 1 aliphatic rings. The van der Waals surface area contributed by atoms with E-state index in [0.29, 0.717) is 0 Å². The molecule has 0 N–H and O–H groups in total. The molecule has 0 unspecified atom stereocenters. The van der Waals surface area contributed by atoms with Gasteiger partial charge >= 0.3 is 5.82 Å². The van der Waals surface area contributed by atoms with Crippen molar-refractivity contribution < 1.29 is 4.68 Å². The van der Waals surface area contributed by atoms with E-state index in [1.807, 2.05) is 62.4 Å². The van der Waals surface area contributed by atoms with E-state index in [1.54, 1.807) is 0 Å². The molecule has 2 aromatic carbocycles. The molecule has 7 nitrogen and oxygen atoms in total. The summed E-state index contributed by atoms with van der Waals surface area (Å²) in [6, 6.07) is 16.7. The normalized spacial score (nSPS) is 14.2. The second kappa shape index (κ2) is 10.8. The van der Waals surface area contributed by atoms with Crippen LogP contribution < -0.4 is 14.5 Å². The van der Waals surface area contributed by atoms with E-state index in [4.69, 9.17) is 10.2 Å². The molecule has 0 amide bonds. The van der Waals surface area contributed by atoms with E-state index in [0.717, 1.165) is 41.4 Å². The van der Waals surface area contributed by atoms with Crippen molar-refractivity contribution in [3.8, 4) is 0 Å². The molecule has 0 aliphatic carbocycles. The maximum Gasteiger partial charge on any atom is 0.334 e. The molecule has 0 bridgehead atoms. The SMILES string of the molecule is CN(C)c1ccc(/C=N/n2cc[n+](/N=C/c3ccc(N(C)C)cc3)c2/C=C/N2CCCC2)cc1. The summed E-state index contributed by atoms with van der Waals surface area (Å²) in [5, 5.41) is 9.42. The first-order chi connectivity index (χ1) is 16.5. The van der Waals surface area contributed by atoms with Crippen molar-refractivity contribution in [2.75, 3.05) is 51.1 Å². The van der Waals surface area contributed by atoms with Crippen LogP contribution in [-0.4, -0.2) is 63.3 Å². The van der Waals surface area contributed by atoms with Crippen LogP contribution in [0.1, 0.15) is 29.8 Å². The molecule has 0 atom stereocenters. The highest BCUT2D eigenvalue weighted by molar-refractivity contribution is 5.80. The Kier molecular flexibility index (Phi) is 7.42. The van der Waals surface area contributed by atoms with Crippen LogP contribution in [0.2, 0.25) is 0 Å². The Bertz CT molecular complexity index is 1070. The molecule has 0 saturated carbocycles. The van der Waals surface area contributed by atoms with Crippen molar-refractivity contribution >= 4 is 29.9 Å². The zero-order chi connectivity index (χ0) is 23.9. The van der Waals surface area contributed by atoms with Crippen LogP contribution in [0.25, 0.3) is 6.08 Å². The summed E-state index contributed by atoms with van der Waals surface area (Å²) < 4.78 is 3.72. The first kappa shape index (κ1) is 23.3. The van der Waals surface area contributed by atoms with Gasteiger partial charge in [-0.25, -0.2) is 0 Å². The quantitative estimate of drug-likeness (QED) is 0.383. The lowest BCUT2D eigenvalue weighted by Crippen LogP contribution is -2.29. The zero-order valence-electron chi connectivity index (χ0n) is 20.5. The molecular formula is C27H34N7+. The van der Waals surface area contributed by atoms with Crippen molar-refractivity contribution in [1.82, 2.24) is 9.58 Å². The lowest BCUT2D eigenvalue weighted by molar-refractivity contribution is -0.679. The second-order valence-electron chi connectivity index (χ2n) is 8.87. The molecule has 1 saturated heterocycles. The van der Waals surface area contributed by atoms with Gasteiger partial charge in [-0.3, -0.25) is 0 Å². The van der Waals surface area contributed by atoms with Gasteiger partial charge in [0, 0.05) is 64.9 Å². The van der Waals surface area contributed by atoms with Crippen molar-refractivity contribution in [3.05, 3.63) is 84.1 Å². The van der Waals surface area contributed by atoms with Gasteiger partial charge in [0.2, 0.25) is 0 Å². The van der Waals surface area contributed by atoms with Crippen LogP contribution in [0.5, 0.6) is 0 Å². The van der Waals surface area contributed by atoms with Crippen molar-refractivity contribution in [1.29, 1.82) is 0 Å². The minimum Gasteiger partial charge on any atom is -0.378 e. The predicted octanol–water partition coefficient (Wildman–Crippen LogP) is 3.74. The van der Waals surface area contributed by atoms with Crippen molar-refractivity contribution in [3.63, 3.8) is 0 Å². The molecule has 0 spiro atoms. The number of hydrogen-bond acceptors (Lipinski definition) is 5. The first-order valence-corrected chi connectivity index (χ1v) is 11.7. The van der Waals surface area contributed by atoms with Gasteiger partial charge in [0.15, 0.2) is 12.4 Å². The molecule has 1 aliphatic heterocycles. The molecule has 7 heteroatoms. The van der Waals surface area contributed by atoms with Gasteiger partial charge in [0.25, 0.3) is 0 Å². The second-order valence-corrected chi connectivity index (χ2v) is 8.87. The van der Waals surface area contributed by atoms with Crippen LogP contribution >= 0.6 is 0 Å². The van der Waals surface area contributed by atoms with Gasteiger partial charge in [-0.2, -0.15) is 0 Å². The fourth-order valence-electron chi connectivity index (χ4n) is 3.77.